The van der Waals surface area contributed by atoms with Crippen molar-refractivity contribution in [3.05, 3.63) is 29.3 Å². The van der Waals surface area contributed by atoms with Crippen molar-refractivity contribution in [1.29, 1.82) is 0 Å². The molecule has 4 heteroatoms. The normalized spacial score (nSPS) is 18.1. The van der Waals surface area contributed by atoms with Gasteiger partial charge in [0.1, 0.15) is 0 Å². The Kier molecular flexibility index (Phi) is 4.22. The highest BCUT2D eigenvalue weighted by Crippen LogP contribution is 2.31. The first-order chi connectivity index (χ1) is 9.07. The average Bonchev–Trinajstić information content (AvgIpc) is 2.43. The van der Waals surface area contributed by atoms with Gasteiger partial charge in [0.2, 0.25) is 5.91 Å². The SMILES string of the molecule is Cc1ccc(C)c(NC(=O)C2(CN)CCOCC2)c1. The van der Waals surface area contributed by atoms with Crippen LogP contribution < -0.4 is 11.1 Å². The smallest absolute Gasteiger partial charge is 0.232 e. The third-order valence-electron chi connectivity index (χ3n) is 3.96. The van der Waals surface area contributed by atoms with E-state index in [1.165, 1.54) is 0 Å². The molecule has 4 nitrogen and oxygen atoms in total. The van der Waals surface area contributed by atoms with Gasteiger partial charge in [0.15, 0.2) is 0 Å². The summed E-state index contributed by atoms with van der Waals surface area (Å²) in [5, 5.41) is 3.04. The predicted molar refractivity (Wildman–Crippen MR) is 76.1 cm³/mol. The van der Waals surface area contributed by atoms with E-state index in [0.717, 1.165) is 16.8 Å². The largest absolute Gasteiger partial charge is 0.381 e. The van der Waals surface area contributed by atoms with E-state index in [2.05, 4.69) is 5.32 Å². The molecule has 1 heterocycles. The van der Waals surface area contributed by atoms with Gasteiger partial charge in [-0.1, -0.05) is 12.1 Å². The standard InChI is InChI=1S/C15H22N2O2/c1-11-3-4-12(2)13(9-11)17-14(18)15(10-16)5-7-19-8-6-15/h3-4,9H,5-8,10,16H2,1-2H3,(H,17,18). The number of nitrogens with one attached hydrogen (secondary N) is 1. The summed E-state index contributed by atoms with van der Waals surface area (Å²) in [5.41, 5.74) is 8.45. The van der Waals surface area contributed by atoms with E-state index in [9.17, 15) is 4.79 Å². The molecule has 0 saturated carbocycles. The third-order valence-corrected chi connectivity index (χ3v) is 3.96. The molecule has 3 N–H and O–H groups in total. The van der Waals surface area contributed by atoms with Gasteiger partial charge in [0.25, 0.3) is 0 Å². The van der Waals surface area contributed by atoms with Gasteiger partial charge >= 0.3 is 0 Å². The van der Waals surface area contributed by atoms with E-state index in [0.29, 0.717) is 32.6 Å². The molecule has 1 aliphatic rings. The van der Waals surface area contributed by atoms with Crippen LogP contribution in [0.4, 0.5) is 5.69 Å². The summed E-state index contributed by atoms with van der Waals surface area (Å²) in [6, 6.07) is 6.05. The Hall–Kier alpha value is -1.39. The lowest BCUT2D eigenvalue weighted by molar-refractivity contribution is -0.130. The van der Waals surface area contributed by atoms with Crippen molar-refractivity contribution in [2.45, 2.75) is 26.7 Å². The van der Waals surface area contributed by atoms with E-state index in [1.54, 1.807) is 0 Å². The molecule has 1 aliphatic heterocycles. The highest BCUT2D eigenvalue weighted by Gasteiger charge is 2.38. The molecule has 1 fully saturated rings. The Morgan fingerprint density at radius 1 is 1.37 bits per heavy atom. The molecule has 0 bridgehead atoms. The summed E-state index contributed by atoms with van der Waals surface area (Å²) in [4.78, 5) is 12.5. The predicted octanol–water partition coefficient (Wildman–Crippen LogP) is 2.00. The molecule has 0 atom stereocenters. The maximum Gasteiger partial charge on any atom is 0.232 e. The fourth-order valence-electron chi connectivity index (χ4n) is 2.41. The summed E-state index contributed by atoms with van der Waals surface area (Å²) in [5.74, 6) is 0.0204. The van der Waals surface area contributed by atoms with Gasteiger partial charge in [-0.25, -0.2) is 0 Å². The van der Waals surface area contributed by atoms with Crippen LogP contribution in [0, 0.1) is 19.3 Å². The third kappa shape index (κ3) is 2.96. The molecule has 1 aromatic rings. The second kappa shape index (κ2) is 5.72. The van der Waals surface area contributed by atoms with Crippen molar-refractivity contribution in [2.24, 2.45) is 11.1 Å². The Morgan fingerprint density at radius 2 is 2.05 bits per heavy atom. The molecule has 19 heavy (non-hydrogen) atoms. The summed E-state index contributed by atoms with van der Waals surface area (Å²) in [6.45, 7) is 5.60. The van der Waals surface area contributed by atoms with Crippen LogP contribution >= 0.6 is 0 Å². The minimum absolute atomic E-state index is 0.0204. The number of carbonyl (C=O) groups excluding carboxylic acids is 1. The Morgan fingerprint density at radius 3 is 2.68 bits per heavy atom. The van der Waals surface area contributed by atoms with E-state index >= 15 is 0 Å². The number of hydrogen-bond donors (Lipinski definition) is 2. The van der Waals surface area contributed by atoms with E-state index in [4.69, 9.17) is 10.5 Å². The first-order valence-corrected chi connectivity index (χ1v) is 6.74. The highest BCUT2D eigenvalue weighted by atomic mass is 16.5. The summed E-state index contributed by atoms with van der Waals surface area (Å²) >= 11 is 0. The molecule has 1 aromatic carbocycles. The first kappa shape index (κ1) is 14.0. The van der Waals surface area contributed by atoms with Gasteiger partial charge in [-0.2, -0.15) is 0 Å². The number of amides is 1. The fourth-order valence-corrected chi connectivity index (χ4v) is 2.41. The lowest BCUT2D eigenvalue weighted by atomic mass is 9.79. The van der Waals surface area contributed by atoms with Gasteiger partial charge in [-0.3, -0.25) is 4.79 Å². The summed E-state index contributed by atoms with van der Waals surface area (Å²) in [6.07, 6.45) is 1.39. The second-order valence-electron chi connectivity index (χ2n) is 5.37. The van der Waals surface area contributed by atoms with Crippen molar-refractivity contribution >= 4 is 11.6 Å². The maximum atomic E-state index is 12.5. The van der Waals surface area contributed by atoms with Crippen LogP contribution in [0.2, 0.25) is 0 Å². The van der Waals surface area contributed by atoms with Crippen LogP contribution in [0.3, 0.4) is 0 Å². The van der Waals surface area contributed by atoms with Crippen LogP contribution in [-0.4, -0.2) is 25.7 Å². The van der Waals surface area contributed by atoms with Crippen LogP contribution in [0.1, 0.15) is 24.0 Å². The molecule has 1 amide bonds. The number of benzene rings is 1. The number of anilines is 1. The molecule has 1 saturated heterocycles. The van der Waals surface area contributed by atoms with Crippen molar-refractivity contribution in [3.8, 4) is 0 Å². The van der Waals surface area contributed by atoms with Crippen LogP contribution in [0.5, 0.6) is 0 Å². The number of nitrogens with two attached hydrogens (primary N) is 1. The number of hydrogen-bond acceptors (Lipinski definition) is 3. The first-order valence-electron chi connectivity index (χ1n) is 6.74. The van der Waals surface area contributed by atoms with Crippen LogP contribution in [-0.2, 0) is 9.53 Å². The lowest BCUT2D eigenvalue weighted by Crippen LogP contribution is -2.46. The monoisotopic (exact) mass is 262 g/mol. The fraction of sp³-hybridized carbons (Fsp3) is 0.533. The molecule has 0 aliphatic carbocycles. The maximum absolute atomic E-state index is 12.5. The minimum Gasteiger partial charge on any atom is -0.381 e. The molecule has 2 rings (SSSR count). The molecular weight excluding hydrogens is 240 g/mol. The number of aryl methyl sites for hydroxylation is 2. The van der Waals surface area contributed by atoms with Crippen molar-refractivity contribution in [2.75, 3.05) is 25.1 Å². The zero-order valence-electron chi connectivity index (χ0n) is 11.7. The zero-order valence-corrected chi connectivity index (χ0v) is 11.7. The molecular formula is C15H22N2O2. The molecule has 104 valence electrons. The zero-order chi connectivity index (χ0) is 13.9. The van der Waals surface area contributed by atoms with Crippen LogP contribution in [0.15, 0.2) is 18.2 Å². The van der Waals surface area contributed by atoms with Crippen molar-refractivity contribution in [1.82, 2.24) is 0 Å². The van der Waals surface area contributed by atoms with E-state index in [1.807, 2.05) is 32.0 Å². The van der Waals surface area contributed by atoms with E-state index in [-0.39, 0.29) is 5.91 Å². The summed E-state index contributed by atoms with van der Waals surface area (Å²) in [7, 11) is 0. The molecule has 0 spiro atoms. The topological polar surface area (TPSA) is 64.4 Å². The second-order valence-corrected chi connectivity index (χ2v) is 5.37. The highest BCUT2D eigenvalue weighted by molar-refractivity contribution is 5.96. The summed E-state index contributed by atoms with van der Waals surface area (Å²) < 4.78 is 5.33. The number of rotatable bonds is 3. The Bertz CT molecular complexity index is 465. The van der Waals surface area contributed by atoms with Crippen LogP contribution in [0.25, 0.3) is 0 Å². The van der Waals surface area contributed by atoms with E-state index < -0.39 is 5.41 Å². The Labute approximate surface area is 114 Å². The number of ether oxygens (including phenoxy) is 1. The molecule has 0 radical (unpaired) electrons. The quantitative estimate of drug-likeness (QED) is 0.875. The Balaban J connectivity index is 2.17. The van der Waals surface area contributed by atoms with Crippen molar-refractivity contribution < 1.29 is 9.53 Å². The molecule has 0 unspecified atom stereocenters. The van der Waals surface area contributed by atoms with Gasteiger partial charge in [-0.05, 0) is 43.9 Å². The van der Waals surface area contributed by atoms with Gasteiger partial charge in [-0.15, -0.1) is 0 Å². The number of carbonyl (C=O) groups is 1. The van der Waals surface area contributed by atoms with Gasteiger partial charge < -0.3 is 15.8 Å². The molecule has 0 aromatic heterocycles. The van der Waals surface area contributed by atoms with Crippen molar-refractivity contribution in [3.63, 3.8) is 0 Å². The lowest BCUT2D eigenvalue weighted by Gasteiger charge is -2.34. The minimum atomic E-state index is -0.478. The van der Waals surface area contributed by atoms with Gasteiger partial charge in [0, 0.05) is 25.4 Å². The van der Waals surface area contributed by atoms with Gasteiger partial charge in [0.05, 0.1) is 5.41 Å². The average molecular weight is 262 g/mol.